The number of amides is 3. The zero-order chi connectivity index (χ0) is 42.7. The summed E-state index contributed by atoms with van der Waals surface area (Å²) < 4.78 is 17.0. The van der Waals surface area contributed by atoms with Crippen molar-refractivity contribution in [3.8, 4) is 28.7 Å². The summed E-state index contributed by atoms with van der Waals surface area (Å²) in [5.41, 5.74) is 4.91. The molecule has 2 heterocycles. The van der Waals surface area contributed by atoms with Crippen LogP contribution in [0, 0.1) is 0 Å². The first-order valence-corrected chi connectivity index (χ1v) is 17.1. The second-order valence-electron chi connectivity index (χ2n) is 12.2. The minimum atomic E-state index is -1.91. The van der Waals surface area contributed by atoms with E-state index in [2.05, 4.69) is 16.0 Å². The van der Waals surface area contributed by atoms with Crippen LogP contribution in [-0.2, 0) is 39.9 Å². The number of para-hydroxylation sites is 1. The molecular formula is C37H40N5O16+. The molecule has 3 atom stereocenters. The van der Waals surface area contributed by atoms with Gasteiger partial charge in [-0.3, -0.25) is 14.4 Å². The van der Waals surface area contributed by atoms with Crippen LogP contribution in [0.1, 0.15) is 39.1 Å². The van der Waals surface area contributed by atoms with Crippen LogP contribution in [0.15, 0.2) is 78.0 Å². The maximum Gasteiger partial charge on any atom is 0.332 e. The first-order chi connectivity index (χ1) is 27.7. The Bertz CT molecular complexity index is 2150. The Balaban J connectivity index is 0.00000366. The number of hydrogen-bond acceptors (Lipinski definition) is 17. The molecule has 1 saturated heterocycles. The second-order valence-corrected chi connectivity index (χ2v) is 12.2. The van der Waals surface area contributed by atoms with Gasteiger partial charge in [-0.05, 0) is 30.7 Å². The smallest absolute Gasteiger partial charge is 0.332 e. The predicted molar refractivity (Wildman–Crippen MR) is 194 cm³/mol. The number of nitrogens with zero attached hydrogens (tertiary/aromatic N) is 1. The molecule has 21 heteroatoms. The Kier molecular flexibility index (Phi) is 14.5. The molecule has 1 aliphatic heterocycles. The molecule has 1 fully saturated rings. The molecule has 1 aliphatic carbocycles. The number of carbonyl (C=O) groups excluding carboxylic acids is 6. The molecule has 0 bridgehead atoms. The van der Waals surface area contributed by atoms with Crippen molar-refractivity contribution < 1.29 is 83.3 Å². The van der Waals surface area contributed by atoms with E-state index in [4.69, 9.17) is 25.1 Å². The van der Waals surface area contributed by atoms with E-state index in [0.29, 0.717) is 5.56 Å². The number of hydrogen-bond donors (Lipinski definition) is 11. The topological polar surface area (TPSA) is 338 Å². The highest BCUT2D eigenvalue weighted by Gasteiger charge is 2.36. The highest BCUT2D eigenvalue weighted by atomic mass is 16.6. The number of nitrogens with two attached hydrogens (primary N) is 1. The average molecular weight is 811 g/mol. The summed E-state index contributed by atoms with van der Waals surface area (Å²) in [7, 11) is 1.00. The lowest BCUT2D eigenvalue weighted by atomic mass is 10.0. The standard InChI is InChI=1S/C36H35N5O15.CH4O/c37-12-17-4-3-11-41(13-17)23-9-10-26(44)30(47)27(23)33(50)40-22-16-56-35(52)20(38-31(48)18-5-1-7-24(42)28(18)45)14-54-34(51)21(15-55-36(22)53)39-32(49)19-6-2-8-25(43)29(19)46;1-2/h1,3-7,9-11,13,20-22H,2,8,12,14-16,37H2,(H8-,38,39,40,42,43,44,45,46,47,48,49,50);2H,1H3/p+1. The van der Waals surface area contributed by atoms with E-state index >= 15 is 0 Å². The Morgan fingerprint density at radius 3 is 1.86 bits per heavy atom. The van der Waals surface area contributed by atoms with E-state index < -0.39 is 125 Å². The van der Waals surface area contributed by atoms with Gasteiger partial charge in [0.2, 0.25) is 5.69 Å². The molecule has 0 saturated carbocycles. The molecule has 1 aromatic heterocycles. The number of cyclic esters (lactones) is 3. The van der Waals surface area contributed by atoms with Crippen molar-refractivity contribution in [2.75, 3.05) is 26.9 Å². The van der Waals surface area contributed by atoms with Crippen LogP contribution in [0.2, 0.25) is 0 Å². The van der Waals surface area contributed by atoms with Gasteiger partial charge in [-0.15, -0.1) is 0 Å². The Hall–Kier alpha value is -7.39. The number of allylic oxidation sites excluding steroid dienone is 2. The third-order valence-corrected chi connectivity index (χ3v) is 8.45. The Morgan fingerprint density at radius 2 is 1.28 bits per heavy atom. The van der Waals surface area contributed by atoms with Gasteiger partial charge in [0.05, 0.1) is 11.1 Å². The van der Waals surface area contributed by atoms with Crippen LogP contribution in [-0.4, -0.2) is 116 Å². The number of aromatic nitrogens is 1. The minimum absolute atomic E-state index is 0.00970. The summed E-state index contributed by atoms with van der Waals surface area (Å²) in [5, 5.41) is 75.0. The number of benzene rings is 2. The lowest BCUT2D eigenvalue weighted by molar-refractivity contribution is -0.596. The molecule has 3 amide bonds. The Morgan fingerprint density at radius 1 is 0.724 bits per heavy atom. The van der Waals surface area contributed by atoms with Gasteiger partial charge < -0.3 is 71.6 Å². The summed E-state index contributed by atoms with van der Waals surface area (Å²) in [6, 6.07) is 3.44. The molecule has 0 radical (unpaired) electrons. The van der Waals surface area contributed by atoms with Gasteiger partial charge in [0.15, 0.2) is 64.8 Å². The number of nitrogens with one attached hydrogen (secondary N) is 3. The summed E-state index contributed by atoms with van der Waals surface area (Å²) >= 11 is 0. The highest BCUT2D eigenvalue weighted by Crippen LogP contribution is 2.32. The largest absolute Gasteiger partial charge is 0.508 e. The van der Waals surface area contributed by atoms with Crippen LogP contribution >= 0.6 is 0 Å². The van der Waals surface area contributed by atoms with Crippen molar-refractivity contribution in [1.82, 2.24) is 16.0 Å². The molecule has 2 aromatic carbocycles. The molecule has 5 rings (SSSR count). The summed E-state index contributed by atoms with van der Waals surface area (Å²) in [6.07, 6.45) is 4.50. The fourth-order valence-corrected chi connectivity index (χ4v) is 5.45. The normalized spacial score (nSPS) is 18.6. The van der Waals surface area contributed by atoms with Crippen LogP contribution in [0.25, 0.3) is 5.69 Å². The number of phenols is 4. The summed E-state index contributed by atoms with van der Waals surface area (Å²) in [4.78, 5) is 80.1. The van der Waals surface area contributed by atoms with Crippen LogP contribution in [0.5, 0.6) is 23.0 Å². The molecule has 21 nitrogen and oxygen atoms in total. The van der Waals surface area contributed by atoms with Gasteiger partial charge in [-0.1, -0.05) is 12.1 Å². The summed E-state index contributed by atoms with van der Waals surface area (Å²) in [5.74, 6) is -11.8. The van der Waals surface area contributed by atoms with E-state index in [1.165, 1.54) is 35.2 Å². The van der Waals surface area contributed by atoms with Crippen molar-refractivity contribution in [2.24, 2.45) is 5.73 Å². The fraction of sp³-hybridized carbons (Fsp3) is 0.270. The lowest BCUT2D eigenvalue weighted by Gasteiger charge is -2.25. The highest BCUT2D eigenvalue weighted by molar-refractivity contribution is 6.03. The Labute approximate surface area is 328 Å². The molecule has 3 aromatic rings. The van der Waals surface area contributed by atoms with Crippen LogP contribution in [0.3, 0.4) is 0 Å². The van der Waals surface area contributed by atoms with Gasteiger partial charge >= 0.3 is 17.9 Å². The van der Waals surface area contributed by atoms with Gasteiger partial charge in [0.1, 0.15) is 25.6 Å². The molecule has 3 unspecified atom stereocenters. The van der Waals surface area contributed by atoms with Crippen molar-refractivity contribution in [3.05, 3.63) is 94.7 Å². The number of esters is 3. The number of aromatic hydroxyl groups is 4. The first-order valence-electron chi connectivity index (χ1n) is 17.1. The third kappa shape index (κ3) is 10.1. The van der Waals surface area contributed by atoms with Gasteiger partial charge in [-0.25, -0.2) is 14.4 Å². The van der Waals surface area contributed by atoms with E-state index in [-0.39, 0.29) is 25.1 Å². The zero-order valence-electron chi connectivity index (χ0n) is 30.6. The van der Waals surface area contributed by atoms with Crippen molar-refractivity contribution in [2.45, 2.75) is 37.5 Å². The molecule has 2 aliphatic rings. The summed E-state index contributed by atoms with van der Waals surface area (Å²) in [6.45, 7) is -2.82. The van der Waals surface area contributed by atoms with E-state index in [1.807, 2.05) is 0 Å². The number of aliphatic hydroxyl groups excluding tert-OH is 3. The minimum Gasteiger partial charge on any atom is -0.508 e. The van der Waals surface area contributed by atoms with E-state index in [9.17, 15) is 59.4 Å². The van der Waals surface area contributed by atoms with Gasteiger partial charge in [0.25, 0.3) is 17.7 Å². The molecule has 308 valence electrons. The van der Waals surface area contributed by atoms with Gasteiger partial charge in [0, 0.05) is 37.8 Å². The van der Waals surface area contributed by atoms with E-state index in [0.717, 1.165) is 25.3 Å². The van der Waals surface area contributed by atoms with E-state index in [1.54, 1.807) is 12.1 Å². The number of aliphatic hydroxyl groups is 3. The van der Waals surface area contributed by atoms with Crippen LogP contribution < -0.4 is 26.3 Å². The first kappa shape index (κ1) is 43.3. The lowest BCUT2D eigenvalue weighted by Crippen LogP contribution is -2.53. The molecule has 12 N–H and O–H groups in total. The molecule has 0 spiro atoms. The number of carbonyl (C=O) groups is 6. The van der Waals surface area contributed by atoms with Crippen molar-refractivity contribution >= 4 is 35.6 Å². The monoisotopic (exact) mass is 810 g/mol. The van der Waals surface area contributed by atoms with Crippen LogP contribution in [0.4, 0.5) is 0 Å². The number of pyridine rings is 1. The maximum absolute atomic E-state index is 13.8. The number of rotatable bonds is 8. The maximum atomic E-state index is 13.8. The molecular weight excluding hydrogens is 770 g/mol. The quantitative estimate of drug-likeness (QED) is 0.0558. The van der Waals surface area contributed by atoms with Crippen molar-refractivity contribution in [1.29, 1.82) is 0 Å². The predicted octanol–water partition coefficient (Wildman–Crippen LogP) is -1.07. The average Bonchev–Trinajstić information content (AvgIpc) is 3.22. The van der Waals surface area contributed by atoms with Crippen molar-refractivity contribution in [3.63, 3.8) is 0 Å². The second kappa shape index (κ2) is 19.5. The zero-order valence-corrected chi connectivity index (χ0v) is 30.6. The third-order valence-electron chi connectivity index (χ3n) is 8.45. The number of phenolic OH excluding ortho intramolecular Hbond substituents is 4. The molecule has 58 heavy (non-hydrogen) atoms. The van der Waals surface area contributed by atoms with Gasteiger partial charge in [-0.2, -0.15) is 4.57 Å². The number of ether oxygens (including phenoxy) is 3. The SMILES string of the molecule is CO.NCc1ccc[n+](-c2ccc(O)c(O)c2C(=O)NC2COC(=O)C(NC(=O)c3cccc(O)c3O)COC(=O)C(NC(=O)C3=CCCC(O)=C3O)COC2=O)c1. The fourth-order valence-electron chi connectivity index (χ4n) is 5.45.